The Bertz CT molecular complexity index is 447. The molecule has 0 aromatic carbocycles. The van der Waals surface area contributed by atoms with Gasteiger partial charge in [-0.15, -0.1) is 0 Å². The van der Waals surface area contributed by atoms with Crippen molar-refractivity contribution in [1.29, 1.82) is 0 Å². The first-order chi connectivity index (χ1) is 12.5. The predicted molar refractivity (Wildman–Crippen MR) is 104 cm³/mol. The van der Waals surface area contributed by atoms with E-state index in [9.17, 15) is 9.59 Å². The van der Waals surface area contributed by atoms with E-state index in [1.54, 1.807) is 0 Å². The number of nitrogens with one attached hydrogen (secondary N) is 1. The van der Waals surface area contributed by atoms with Gasteiger partial charge in [-0.2, -0.15) is 0 Å². The number of hydrogen-bond acceptors (Lipinski definition) is 4. The molecule has 1 atom stereocenters. The van der Waals surface area contributed by atoms with Crippen LogP contribution >= 0.6 is 0 Å². The minimum absolute atomic E-state index is 0.0135. The largest absolute Gasteiger partial charge is 0.343 e. The summed E-state index contributed by atoms with van der Waals surface area (Å²) in [7, 11) is 2.16. The summed E-state index contributed by atoms with van der Waals surface area (Å²) in [6.45, 7) is 13.0. The van der Waals surface area contributed by atoms with Crippen LogP contribution in [0.2, 0.25) is 0 Å². The number of carbonyl (C=O) groups is 2. The molecule has 1 N–H and O–H groups in total. The van der Waals surface area contributed by atoms with E-state index in [2.05, 4.69) is 22.2 Å². The third kappa shape index (κ3) is 6.13. The van der Waals surface area contributed by atoms with Gasteiger partial charge < -0.3 is 24.9 Å². The molecule has 2 rings (SSSR count). The molecule has 1 unspecified atom stereocenters. The number of rotatable bonds is 7. The fraction of sp³-hybridized carbons (Fsp3) is 0.895. The summed E-state index contributed by atoms with van der Waals surface area (Å²) in [5.74, 6) is 0.155. The van der Waals surface area contributed by atoms with Gasteiger partial charge in [0.25, 0.3) is 0 Å². The number of amides is 3. The monoisotopic (exact) mass is 367 g/mol. The second kappa shape index (κ2) is 10.7. The Labute approximate surface area is 158 Å². The molecule has 0 aromatic rings. The summed E-state index contributed by atoms with van der Waals surface area (Å²) >= 11 is 0. The van der Waals surface area contributed by atoms with Gasteiger partial charge in [0, 0.05) is 58.9 Å². The minimum atomic E-state index is -0.0419. The Morgan fingerprint density at radius 2 is 1.77 bits per heavy atom. The highest BCUT2D eigenvalue weighted by Crippen LogP contribution is 2.19. The van der Waals surface area contributed by atoms with Gasteiger partial charge in [-0.25, -0.2) is 4.79 Å². The molecule has 2 saturated heterocycles. The highest BCUT2D eigenvalue weighted by atomic mass is 16.2. The zero-order chi connectivity index (χ0) is 18.9. The lowest BCUT2D eigenvalue weighted by molar-refractivity contribution is -0.136. The van der Waals surface area contributed by atoms with Crippen molar-refractivity contribution in [3.05, 3.63) is 0 Å². The molecule has 0 spiro atoms. The lowest BCUT2D eigenvalue weighted by atomic mass is 9.96. The van der Waals surface area contributed by atoms with Crippen molar-refractivity contribution in [2.45, 2.75) is 33.1 Å². The van der Waals surface area contributed by atoms with E-state index in [0.29, 0.717) is 13.1 Å². The van der Waals surface area contributed by atoms with Gasteiger partial charge in [0.2, 0.25) is 5.91 Å². The molecule has 0 saturated carbocycles. The molecule has 0 aromatic heterocycles. The molecule has 2 heterocycles. The van der Waals surface area contributed by atoms with Crippen molar-refractivity contribution in [3.63, 3.8) is 0 Å². The predicted octanol–water partition coefficient (Wildman–Crippen LogP) is 0.914. The van der Waals surface area contributed by atoms with Crippen molar-refractivity contribution < 1.29 is 9.59 Å². The van der Waals surface area contributed by atoms with Crippen molar-refractivity contribution in [2.24, 2.45) is 5.92 Å². The van der Waals surface area contributed by atoms with Crippen molar-refractivity contribution in [1.82, 2.24) is 24.9 Å². The van der Waals surface area contributed by atoms with Crippen LogP contribution in [0.5, 0.6) is 0 Å². The lowest BCUT2D eigenvalue weighted by Gasteiger charge is -2.34. The first kappa shape index (κ1) is 21.0. The van der Waals surface area contributed by atoms with E-state index in [1.165, 1.54) is 0 Å². The molecule has 7 nitrogen and oxygen atoms in total. The van der Waals surface area contributed by atoms with Crippen molar-refractivity contribution in [2.75, 3.05) is 72.5 Å². The molecule has 2 aliphatic heterocycles. The number of hydrogen-bond donors (Lipinski definition) is 1. The maximum Gasteiger partial charge on any atom is 0.317 e. The van der Waals surface area contributed by atoms with Gasteiger partial charge >= 0.3 is 6.03 Å². The number of piperidine rings is 1. The zero-order valence-corrected chi connectivity index (χ0v) is 16.9. The van der Waals surface area contributed by atoms with Crippen LogP contribution in [0.25, 0.3) is 0 Å². The van der Waals surface area contributed by atoms with Gasteiger partial charge in [0.1, 0.15) is 0 Å². The van der Waals surface area contributed by atoms with E-state index < -0.39 is 0 Å². The number of likely N-dealkylation sites (tertiary alicyclic amines) is 1. The van der Waals surface area contributed by atoms with Gasteiger partial charge in [-0.05, 0) is 46.7 Å². The molecule has 7 heteroatoms. The Kier molecular flexibility index (Phi) is 8.65. The van der Waals surface area contributed by atoms with Crippen LogP contribution in [0.1, 0.15) is 33.1 Å². The smallest absolute Gasteiger partial charge is 0.317 e. The average molecular weight is 368 g/mol. The average Bonchev–Trinajstić information content (AvgIpc) is 2.67. The Morgan fingerprint density at radius 1 is 1.08 bits per heavy atom. The van der Waals surface area contributed by atoms with Crippen LogP contribution in [0, 0.1) is 5.92 Å². The number of piperazine rings is 1. The Balaban J connectivity index is 1.67. The Morgan fingerprint density at radius 3 is 2.42 bits per heavy atom. The fourth-order valence-electron chi connectivity index (χ4n) is 3.84. The molecule has 0 bridgehead atoms. The van der Waals surface area contributed by atoms with Crippen LogP contribution in [-0.4, -0.2) is 104 Å². The van der Waals surface area contributed by atoms with Crippen LogP contribution in [-0.2, 0) is 4.79 Å². The summed E-state index contributed by atoms with van der Waals surface area (Å²) in [4.78, 5) is 33.5. The third-order valence-corrected chi connectivity index (χ3v) is 5.66. The van der Waals surface area contributed by atoms with Gasteiger partial charge in [-0.1, -0.05) is 0 Å². The van der Waals surface area contributed by atoms with Crippen LogP contribution in [0.3, 0.4) is 0 Å². The van der Waals surface area contributed by atoms with Crippen molar-refractivity contribution >= 4 is 11.9 Å². The molecule has 0 aliphatic carbocycles. The maximum absolute atomic E-state index is 12.5. The number of urea groups is 1. The van der Waals surface area contributed by atoms with Gasteiger partial charge in [-0.3, -0.25) is 4.79 Å². The molecule has 150 valence electrons. The minimum Gasteiger partial charge on any atom is -0.343 e. The molecular formula is C19H37N5O2. The Hall–Kier alpha value is -1.34. The van der Waals surface area contributed by atoms with Crippen LogP contribution < -0.4 is 5.32 Å². The van der Waals surface area contributed by atoms with Crippen molar-refractivity contribution in [3.8, 4) is 0 Å². The summed E-state index contributed by atoms with van der Waals surface area (Å²) in [6.07, 6.45) is 2.78. The summed E-state index contributed by atoms with van der Waals surface area (Å²) in [6, 6.07) is -0.0135. The fourth-order valence-corrected chi connectivity index (χ4v) is 3.84. The topological polar surface area (TPSA) is 59.1 Å². The molecule has 2 fully saturated rings. The summed E-state index contributed by atoms with van der Waals surface area (Å²) < 4.78 is 0. The lowest BCUT2D eigenvalue weighted by Crippen LogP contribution is -2.50. The zero-order valence-electron chi connectivity index (χ0n) is 16.9. The number of nitrogens with zero attached hydrogens (tertiary/aromatic N) is 4. The molecular weight excluding hydrogens is 330 g/mol. The quantitative estimate of drug-likeness (QED) is 0.680. The van der Waals surface area contributed by atoms with E-state index in [-0.39, 0.29) is 17.9 Å². The number of likely N-dealkylation sites (N-methyl/N-ethyl adjacent to an activating group) is 1. The first-order valence-corrected chi connectivity index (χ1v) is 10.3. The molecule has 26 heavy (non-hydrogen) atoms. The second-order valence-electron chi connectivity index (χ2n) is 7.53. The second-order valence-corrected chi connectivity index (χ2v) is 7.53. The standard InChI is InChI=1S/C19H37N5O2/c1-4-23(5-2)18(25)17-8-6-11-24(16-17)19(26)20-9-7-10-22-14-12-21(3)13-15-22/h17H,4-16H2,1-3H3,(H,20,26). The molecule has 0 radical (unpaired) electrons. The molecule has 3 amide bonds. The highest BCUT2D eigenvalue weighted by Gasteiger charge is 2.30. The van der Waals surface area contributed by atoms with E-state index in [0.717, 1.165) is 71.6 Å². The van der Waals surface area contributed by atoms with Crippen LogP contribution in [0.15, 0.2) is 0 Å². The number of carbonyl (C=O) groups excluding carboxylic acids is 2. The van der Waals surface area contributed by atoms with E-state index in [1.807, 2.05) is 23.6 Å². The summed E-state index contributed by atoms with van der Waals surface area (Å²) in [5.41, 5.74) is 0. The summed E-state index contributed by atoms with van der Waals surface area (Å²) in [5, 5.41) is 3.04. The molecule has 2 aliphatic rings. The highest BCUT2D eigenvalue weighted by molar-refractivity contribution is 5.81. The van der Waals surface area contributed by atoms with E-state index in [4.69, 9.17) is 0 Å². The van der Waals surface area contributed by atoms with E-state index >= 15 is 0 Å². The van der Waals surface area contributed by atoms with Gasteiger partial charge in [0.15, 0.2) is 0 Å². The normalized spacial score (nSPS) is 22.3. The van der Waals surface area contributed by atoms with Crippen LogP contribution in [0.4, 0.5) is 4.79 Å². The third-order valence-electron chi connectivity index (χ3n) is 5.66. The SMILES string of the molecule is CCN(CC)C(=O)C1CCCN(C(=O)NCCCN2CCN(C)CC2)C1. The van der Waals surface area contributed by atoms with Gasteiger partial charge in [0.05, 0.1) is 5.92 Å². The first-order valence-electron chi connectivity index (χ1n) is 10.3. The maximum atomic E-state index is 12.5.